The largest absolute Gasteiger partial charge is 0.480 e. The third-order valence-electron chi connectivity index (χ3n) is 2.44. The minimum atomic E-state index is 0.0369. The maximum Gasteiger partial charge on any atom is 0.237 e. The predicted molar refractivity (Wildman–Crippen MR) is 68.4 cm³/mol. The van der Waals surface area contributed by atoms with Crippen LogP contribution in [0.3, 0.4) is 0 Å². The van der Waals surface area contributed by atoms with Gasteiger partial charge in [-0.25, -0.2) is 4.98 Å². The molecule has 90 valence electrons. The lowest BCUT2D eigenvalue weighted by Crippen LogP contribution is -2.23. The summed E-state index contributed by atoms with van der Waals surface area (Å²) < 4.78 is 5.26. The second kappa shape index (κ2) is 5.75. The number of hydrogen-bond acceptors (Lipinski definition) is 5. The summed E-state index contributed by atoms with van der Waals surface area (Å²) in [5.74, 6) is 0.574. The molecule has 2 heterocycles. The molecule has 4 nitrogen and oxygen atoms in total. The van der Waals surface area contributed by atoms with Crippen LogP contribution in [0.2, 0.25) is 0 Å². The second-order valence-corrected chi connectivity index (χ2v) is 4.28. The number of methoxy groups -OCH3 is 1. The van der Waals surface area contributed by atoms with E-state index >= 15 is 0 Å². The van der Waals surface area contributed by atoms with Crippen molar-refractivity contribution in [2.24, 2.45) is 0 Å². The molecule has 0 aliphatic carbocycles. The lowest BCUT2D eigenvalue weighted by atomic mass is 10.1. The molecule has 2 aromatic rings. The second-order valence-electron chi connectivity index (χ2n) is 3.50. The summed E-state index contributed by atoms with van der Waals surface area (Å²) in [6.07, 6.45) is 3.33. The molecule has 2 aromatic heterocycles. The van der Waals surface area contributed by atoms with Crippen LogP contribution in [0.5, 0.6) is 5.88 Å². The van der Waals surface area contributed by atoms with Gasteiger partial charge in [-0.3, -0.25) is 4.98 Å². The van der Waals surface area contributed by atoms with E-state index in [4.69, 9.17) is 4.74 Å². The Kier molecular flexibility index (Phi) is 4.06. The standard InChI is InChI=1S/C12H15N3OS/c1-3-13-10(9-4-7-17-8-9)11-12(16-2)15-6-5-14-11/h4-8,10,13H,3H2,1-2H3. The number of thiophene rings is 1. The number of aromatic nitrogens is 2. The van der Waals surface area contributed by atoms with E-state index < -0.39 is 0 Å². The van der Waals surface area contributed by atoms with Crippen LogP contribution in [0.25, 0.3) is 0 Å². The minimum Gasteiger partial charge on any atom is -0.480 e. The molecule has 0 saturated heterocycles. The summed E-state index contributed by atoms with van der Waals surface area (Å²) in [5.41, 5.74) is 2.02. The van der Waals surface area contributed by atoms with Gasteiger partial charge in [-0.15, -0.1) is 0 Å². The highest BCUT2D eigenvalue weighted by molar-refractivity contribution is 7.08. The maximum atomic E-state index is 5.26. The van der Waals surface area contributed by atoms with Crippen molar-refractivity contribution in [2.75, 3.05) is 13.7 Å². The fraction of sp³-hybridized carbons (Fsp3) is 0.333. The zero-order valence-corrected chi connectivity index (χ0v) is 10.7. The monoisotopic (exact) mass is 249 g/mol. The van der Waals surface area contributed by atoms with E-state index in [1.54, 1.807) is 30.8 Å². The van der Waals surface area contributed by atoms with Crippen molar-refractivity contribution in [3.63, 3.8) is 0 Å². The van der Waals surface area contributed by atoms with Crippen molar-refractivity contribution in [1.82, 2.24) is 15.3 Å². The molecule has 1 unspecified atom stereocenters. The van der Waals surface area contributed by atoms with E-state index in [-0.39, 0.29) is 6.04 Å². The van der Waals surface area contributed by atoms with E-state index in [0.717, 1.165) is 12.2 Å². The Morgan fingerprint density at radius 2 is 2.24 bits per heavy atom. The summed E-state index contributed by atoms with van der Waals surface area (Å²) in [6.45, 7) is 2.93. The van der Waals surface area contributed by atoms with Gasteiger partial charge in [0.1, 0.15) is 5.69 Å². The first-order chi connectivity index (χ1) is 8.36. The zero-order valence-electron chi connectivity index (χ0n) is 9.88. The van der Waals surface area contributed by atoms with Gasteiger partial charge in [0.25, 0.3) is 0 Å². The summed E-state index contributed by atoms with van der Waals surface area (Å²) in [4.78, 5) is 8.57. The Balaban J connectivity index is 2.39. The Bertz CT molecular complexity index is 459. The predicted octanol–water partition coefficient (Wildman–Crippen LogP) is 2.25. The van der Waals surface area contributed by atoms with Crippen LogP contribution in [0, 0.1) is 0 Å². The molecule has 0 amide bonds. The van der Waals surface area contributed by atoms with Gasteiger partial charge < -0.3 is 10.1 Å². The first kappa shape index (κ1) is 12.0. The van der Waals surface area contributed by atoms with Crippen LogP contribution in [0.1, 0.15) is 24.2 Å². The first-order valence-corrected chi connectivity index (χ1v) is 6.41. The summed E-state index contributed by atoms with van der Waals surface area (Å²) in [6, 6.07) is 2.13. The van der Waals surface area contributed by atoms with Gasteiger partial charge in [0.2, 0.25) is 5.88 Å². The van der Waals surface area contributed by atoms with Crippen molar-refractivity contribution in [2.45, 2.75) is 13.0 Å². The third-order valence-corrected chi connectivity index (χ3v) is 3.14. The molecule has 1 N–H and O–H groups in total. The fourth-order valence-corrected chi connectivity index (χ4v) is 2.39. The van der Waals surface area contributed by atoms with E-state index in [1.807, 2.05) is 0 Å². The lowest BCUT2D eigenvalue weighted by molar-refractivity contribution is 0.383. The van der Waals surface area contributed by atoms with Crippen molar-refractivity contribution in [3.05, 3.63) is 40.5 Å². The summed E-state index contributed by atoms with van der Waals surface area (Å²) >= 11 is 1.67. The van der Waals surface area contributed by atoms with Gasteiger partial charge in [-0.05, 0) is 28.9 Å². The quantitative estimate of drug-likeness (QED) is 0.883. The Hall–Kier alpha value is -1.46. The van der Waals surface area contributed by atoms with Crippen LogP contribution in [-0.4, -0.2) is 23.6 Å². The average molecular weight is 249 g/mol. The van der Waals surface area contributed by atoms with Crippen LogP contribution in [0.15, 0.2) is 29.2 Å². The Morgan fingerprint density at radius 3 is 2.88 bits per heavy atom. The van der Waals surface area contributed by atoms with E-state index in [1.165, 1.54) is 5.56 Å². The molecule has 0 aromatic carbocycles. The van der Waals surface area contributed by atoms with Crippen LogP contribution in [-0.2, 0) is 0 Å². The molecule has 0 spiro atoms. The SMILES string of the molecule is CCNC(c1ccsc1)c1nccnc1OC. The Morgan fingerprint density at radius 1 is 1.41 bits per heavy atom. The minimum absolute atomic E-state index is 0.0369. The highest BCUT2D eigenvalue weighted by Gasteiger charge is 2.19. The van der Waals surface area contributed by atoms with Crippen molar-refractivity contribution < 1.29 is 4.74 Å². The van der Waals surface area contributed by atoms with Gasteiger partial charge in [-0.2, -0.15) is 11.3 Å². The van der Waals surface area contributed by atoms with Gasteiger partial charge in [0.05, 0.1) is 13.2 Å². The molecule has 17 heavy (non-hydrogen) atoms. The van der Waals surface area contributed by atoms with E-state index in [0.29, 0.717) is 5.88 Å². The van der Waals surface area contributed by atoms with Crippen molar-refractivity contribution in [1.29, 1.82) is 0 Å². The zero-order chi connectivity index (χ0) is 12.1. The van der Waals surface area contributed by atoms with Gasteiger partial charge in [0, 0.05) is 12.4 Å². The topological polar surface area (TPSA) is 47.0 Å². The fourth-order valence-electron chi connectivity index (χ4n) is 1.71. The highest BCUT2D eigenvalue weighted by Crippen LogP contribution is 2.27. The van der Waals surface area contributed by atoms with E-state index in [9.17, 15) is 0 Å². The van der Waals surface area contributed by atoms with Crippen molar-refractivity contribution >= 4 is 11.3 Å². The molecule has 0 saturated carbocycles. The normalized spacial score (nSPS) is 12.4. The maximum absolute atomic E-state index is 5.26. The molecule has 5 heteroatoms. The molecule has 0 fully saturated rings. The van der Waals surface area contributed by atoms with Crippen LogP contribution in [0.4, 0.5) is 0 Å². The number of nitrogens with one attached hydrogen (secondary N) is 1. The third kappa shape index (κ3) is 2.62. The molecule has 1 atom stereocenters. The molecule has 0 bridgehead atoms. The van der Waals surface area contributed by atoms with Gasteiger partial charge in [0.15, 0.2) is 0 Å². The molecular weight excluding hydrogens is 234 g/mol. The first-order valence-electron chi connectivity index (χ1n) is 5.47. The summed E-state index contributed by atoms with van der Waals surface area (Å²) in [7, 11) is 1.62. The molecular formula is C12H15N3OS. The number of nitrogens with zero attached hydrogens (tertiary/aromatic N) is 2. The van der Waals surface area contributed by atoms with Crippen molar-refractivity contribution in [3.8, 4) is 5.88 Å². The van der Waals surface area contributed by atoms with Crippen LogP contribution < -0.4 is 10.1 Å². The highest BCUT2D eigenvalue weighted by atomic mass is 32.1. The molecule has 2 rings (SSSR count). The number of hydrogen-bond donors (Lipinski definition) is 1. The Labute approximate surface area is 105 Å². The van der Waals surface area contributed by atoms with Gasteiger partial charge >= 0.3 is 0 Å². The average Bonchev–Trinajstić information content (AvgIpc) is 2.89. The summed E-state index contributed by atoms with van der Waals surface area (Å²) in [5, 5.41) is 7.57. The lowest BCUT2D eigenvalue weighted by Gasteiger charge is -2.17. The number of ether oxygens (including phenoxy) is 1. The number of rotatable bonds is 5. The van der Waals surface area contributed by atoms with Gasteiger partial charge in [-0.1, -0.05) is 6.92 Å². The van der Waals surface area contributed by atoms with Crippen LogP contribution >= 0.6 is 11.3 Å². The molecule has 0 radical (unpaired) electrons. The van der Waals surface area contributed by atoms with E-state index in [2.05, 4.69) is 39.0 Å². The smallest absolute Gasteiger partial charge is 0.237 e. The molecule has 0 aliphatic heterocycles. The molecule has 0 aliphatic rings.